The normalized spacial score (nSPS) is 42.5. The quantitative estimate of drug-likeness (QED) is 0.493. The highest BCUT2D eigenvalue weighted by Crippen LogP contribution is 2.57. The highest BCUT2D eigenvalue weighted by molar-refractivity contribution is 14.1. The van der Waals surface area contributed by atoms with Gasteiger partial charge in [-0.2, -0.15) is 0 Å². The van der Waals surface area contributed by atoms with Gasteiger partial charge >= 0.3 is 0 Å². The summed E-state index contributed by atoms with van der Waals surface area (Å²) >= 11 is 2.60. The molecule has 72 valence electrons. The van der Waals surface area contributed by atoms with Gasteiger partial charge in [0.05, 0.1) is 0 Å². The first-order valence-electron chi connectivity index (χ1n) is 4.81. The van der Waals surface area contributed by atoms with Gasteiger partial charge in [-0.15, -0.1) is 0 Å². The maximum Gasteiger partial charge on any atom is 0.0204 e. The Morgan fingerprint density at radius 2 is 1.58 bits per heavy atom. The monoisotopic (exact) mass is 280 g/mol. The van der Waals surface area contributed by atoms with Crippen molar-refractivity contribution in [3.05, 3.63) is 0 Å². The molecule has 0 saturated heterocycles. The molecule has 0 nitrogen and oxygen atoms in total. The predicted molar refractivity (Wildman–Crippen MR) is 63.8 cm³/mol. The molecule has 0 aromatic rings. The summed E-state index contributed by atoms with van der Waals surface area (Å²) in [5.74, 6) is 0. The van der Waals surface area contributed by atoms with Crippen LogP contribution in [0, 0.1) is 10.8 Å². The molecular formula is C11H21I. The summed E-state index contributed by atoms with van der Waals surface area (Å²) in [6, 6.07) is 0. The molecule has 0 aromatic heterocycles. The van der Waals surface area contributed by atoms with E-state index in [0.29, 0.717) is 14.3 Å². The van der Waals surface area contributed by atoms with E-state index in [1.165, 1.54) is 19.3 Å². The van der Waals surface area contributed by atoms with E-state index in [1.54, 1.807) is 0 Å². The van der Waals surface area contributed by atoms with Crippen LogP contribution < -0.4 is 0 Å². The molecule has 0 aromatic carbocycles. The summed E-state index contributed by atoms with van der Waals surface area (Å²) in [6.07, 6.45) is 4.17. The van der Waals surface area contributed by atoms with Crippen LogP contribution in [0.1, 0.15) is 53.9 Å². The number of hydrogen-bond donors (Lipinski definition) is 0. The van der Waals surface area contributed by atoms with Gasteiger partial charge in [-0.1, -0.05) is 57.2 Å². The van der Waals surface area contributed by atoms with E-state index >= 15 is 0 Å². The maximum absolute atomic E-state index is 2.60. The third kappa shape index (κ3) is 2.90. The first-order valence-corrected chi connectivity index (χ1v) is 5.89. The molecule has 1 saturated carbocycles. The van der Waals surface area contributed by atoms with E-state index in [4.69, 9.17) is 0 Å². The second-order valence-electron chi connectivity index (χ2n) is 6.32. The van der Waals surface area contributed by atoms with Crippen molar-refractivity contribution in [3.8, 4) is 0 Å². The van der Waals surface area contributed by atoms with Gasteiger partial charge in [0.25, 0.3) is 0 Å². The molecule has 0 heterocycles. The third-order valence-electron chi connectivity index (χ3n) is 2.55. The zero-order chi connectivity index (χ0) is 9.62. The lowest BCUT2D eigenvalue weighted by molar-refractivity contribution is 0.0676. The summed E-state index contributed by atoms with van der Waals surface area (Å²) in [6.45, 7) is 11.9. The molecule has 1 heteroatoms. The predicted octanol–water partition coefficient (Wildman–Crippen LogP) is 4.42. The Kier molecular flexibility index (Phi) is 2.58. The van der Waals surface area contributed by atoms with Crippen molar-refractivity contribution in [3.63, 3.8) is 0 Å². The van der Waals surface area contributed by atoms with Gasteiger partial charge in [0.15, 0.2) is 0 Å². The minimum Gasteiger partial charge on any atom is -0.0791 e. The van der Waals surface area contributed by atoms with Crippen LogP contribution in [-0.4, -0.2) is 3.42 Å². The number of rotatable bonds is 1. The first kappa shape index (κ1) is 10.8. The Bertz CT molecular complexity index is 166. The molecule has 12 heavy (non-hydrogen) atoms. The van der Waals surface area contributed by atoms with Crippen molar-refractivity contribution in [2.75, 3.05) is 0 Å². The van der Waals surface area contributed by atoms with Crippen LogP contribution in [0.5, 0.6) is 0 Å². The molecule has 0 aliphatic heterocycles. The van der Waals surface area contributed by atoms with Crippen molar-refractivity contribution >= 4 is 22.6 Å². The average Bonchev–Trinajstić information content (AvgIpc) is 1.48. The molecule has 0 N–H and O–H groups in total. The Balaban J connectivity index is 2.46. The fourth-order valence-electron chi connectivity index (χ4n) is 3.13. The molecule has 0 atom stereocenters. The van der Waals surface area contributed by atoms with Crippen molar-refractivity contribution in [1.82, 2.24) is 0 Å². The van der Waals surface area contributed by atoms with E-state index in [-0.39, 0.29) is 0 Å². The molecule has 0 spiro atoms. The van der Waals surface area contributed by atoms with Crippen LogP contribution in [0.4, 0.5) is 0 Å². The highest BCUT2D eigenvalue weighted by Gasteiger charge is 2.48. The Morgan fingerprint density at radius 1 is 1.17 bits per heavy atom. The van der Waals surface area contributed by atoms with E-state index in [1.807, 2.05) is 0 Å². The van der Waals surface area contributed by atoms with Crippen molar-refractivity contribution in [1.29, 1.82) is 0 Å². The summed E-state index contributed by atoms with van der Waals surface area (Å²) in [4.78, 5) is 0. The van der Waals surface area contributed by atoms with E-state index in [0.717, 1.165) is 0 Å². The molecule has 1 aliphatic carbocycles. The highest BCUT2D eigenvalue weighted by atomic mass is 127. The fourth-order valence-corrected chi connectivity index (χ4v) is 4.97. The fraction of sp³-hybridized carbons (Fsp3) is 1.00. The van der Waals surface area contributed by atoms with Crippen molar-refractivity contribution in [2.45, 2.75) is 57.3 Å². The Morgan fingerprint density at radius 3 is 1.83 bits per heavy atom. The SMILES string of the molecule is CC(C)(C)CC1(C)CC(C)(I)C1. The molecule has 0 unspecified atom stereocenters. The Hall–Kier alpha value is 0.730. The first-order chi connectivity index (χ1) is 5.12. The molecule has 1 fully saturated rings. The summed E-state index contributed by atoms with van der Waals surface area (Å²) < 4.78 is 0.595. The lowest BCUT2D eigenvalue weighted by Crippen LogP contribution is -2.45. The van der Waals surface area contributed by atoms with Gasteiger partial charge in [-0.05, 0) is 30.1 Å². The topological polar surface area (TPSA) is 0 Å². The van der Waals surface area contributed by atoms with Crippen LogP contribution in [0.2, 0.25) is 0 Å². The second-order valence-corrected chi connectivity index (χ2v) is 8.92. The standard InChI is InChI=1S/C11H21I/c1-9(2,3)6-10(4)7-11(5,12)8-10/h6-8H2,1-5H3. The molecular weight excluding hydrogens is 259 g/mol. The minimum atomic E-state index is 0.502. The van der Waals surface area contributed by atoms with E-state index in [9.17, 15) is 0 Å². The number of hydrogen-bond acceptors (Lipinski definition) is 0. The van der Waals surface area contributed by atoms with Gasteiger partial charge in [-0.25, -0.2) is 0 Å². The van der Waals surface area contributed by atoms with Crippen molar-refractivity contribution < 1.29 is 0 Å². The van der Waals surface area contributed by atoms with Crippen LogP contribution in [-0.2, 0) is 0 Å². The summed E-state index contributed by atoms with van der Waals surface area (Å²) in [7, 11) is 0. The lowest BCUT2D eigenvalue weighted by Gasteiger charge is -2.52. The van der Waals surface area contributed by atoms with Crippen LogP contribution >= 0.6 is 22.6 Å². The lowest BCUT2D eigenvalue weighted by atomic mass is 9.58. The molecule has 0 radical (unpaired) electrons. The largest absolute Gasteiger partial charge is 0.0791 e. The van der Waals surface area contributed by atoms with Crippen molar-refractivity contribution in [2.24, 2.45) is 10.8 Å². The van der Waals surface area contributed by atoms with E-state index in [2.05, 4.69) is 57.2 Å². The molecule has 0 amide bonds. The second kappa shape index (κ2) is 2.86. The average molecular weight is 280 g/mol. The maximum atomic E-state index is 2.60. The van der Waals surface area contributed by atoms with Gasteiger partial charge in [0.1, 0.15) is 0 Å². The van der Waals surface area contributed by atoms with Gasteiger partial charge in [0, 0.05) is 3.42 Å². The van der Waals surface area contributed by atoms with Gasteiger partial charge in [-0.3, -0.25) is 0 Å². The zero-order valence-electron chi connectivity index (χ0n) is 9.00. The van der Waals surface area contributed by atoms with Crippen LogP contribution in [0.15, 0.2) is 0 Å². The molecule has 1 aliphatic rings. The minimum absolute atomic E-state index is 0.502. The Labute approximate surface area is 90.6 Å². The van der Waals surface area contributed by atoms with Crippen LogP contribution in [0.3, 0.4) is 0 Å². The summed E-state index contributed by atoms with van der Waals surface area (Å²) in [5.41, 5.74) is 1.13. The third-order valence-corrected chi connectivity index (χ3v) is 3.31. The smallest absolute Gasteiger partial charge is 0.0204 e. The number of halogens is 1. The summed E-state index contributed by atoms with van der Waals surface area (Å²) in [5, 5.41) is 0. The molecule has 1 rings (SSSR count). The molecule has 0 bridgehead atoms. The van der Waals surface area contributed by atoms with Crippen LogP contribution in [0.25, 0.3) is 0 Å². The van der Waals surface area contributed by atoms with Gasteiger partial charge in [0.2, 0.25) is 0 Å². The zero-order valence-corrected chi connectivity index (χ0v) is 11.2. The van der Waals surface area contributed by atoms with E-state index < -0.39 is 0 Å². The number of alkyl halides is 1. The van der Waals surface area contributed by atoms with Gasteiger partial charge < -0.3 is 0 Å².